The molecule has 0 aliphatic carbocycles. The highest BCUT2D eigenvalue weighted by Gasteiger charge is 2.46. The van der Waals surface area contributed by atoms with Crippen LogP contribution in [0.4, 0.5) is 0 Å². The largest absolute Gasteiger partial charge is 0.469 e. The molecule has 1 aliphatic heterocycles. The second-order valence-electron chi connectivity index (χ2n) is 3.97. The molecule has 0 spiro atoms. The first-order valence-electron chi connectivity index (χ1n) is 4.96. The smallest absolute Gasteiger partial charge is 0.322 e. The van der Waals surface area contributed by atoms with Crippen molar-refractivity contribution in [2.24, 2.45) is 0 Å². The average Bonchev–Trinajstić information content (AvgIpc) is 2.52. The molecular formula is C12H12O4. The van der Waals surface area contributed by atoms with Gasteiger partial charge in [0.2, 0.25) is 0 Å². The van der Waals surface area contributed by atoms with Gasteiger partial charge in [0.05, 0.1) is 13.5 Å². The number of ether oxygens (including phenoxy) is 2. The number of hydrogen-bond donors (Lipinski definition) is 0. The Morgan fingerprint density at radius 2 is 2.12 bits per heavy atom. The van der Waals surface area contributed by atoms with Crippen LogP contribution >= 0.6 is 0 Å². The number of esters is 2. The van der Waals surface area contributed by atoms with E-state index in [4.69, 9.17) is 4.74 Å². The Hall–Kier alpha value is -1.84. The second kappa shape index (κ2) is 3.63. The number of methoxy groups -OCH3 is 1. The van der Waals surface area contributed by atoms with Crippen LogP contribution in [0.15, 0.2) is 24.3 Å². The maximum absolute atomic E-state index is 11.8. The highest BCUT2D eigenvalue weighted by Crippen LogP contribution is 2.41. The lowest BCUT2D eigenvalue weighted by atomic mass is 9.81. The van der Waals surface area contributed by atoms with Crippen molar-refractivity contribution in [2.45, 2.75) is 18.8 Å². The fourth-order valence-corrected chi connectivity index (χ4v) is 1.86. The lowest BCUT2D eigenvalue weighted by Gasteiger charge is -2.18. The van der Waals surface area contributed by atoms with E-state index in [1.165, 1.54) is 7.11 Å². The Labute approximate surface area is 93.2 Å². The van der Waals surface area contributed by atoms with Gasteiger partial charge in [-0.3, -0.25) is 9.59 Å². The van der Waals surface area contributed by atoms with Crippen molar-refractivity contribution in [1.29, 1.82) is 0 Å². The van der Waals surface area contributed by atoms with Gasteiger partial charge in [-0.1, -0.05) is 18.2 Å². The molecule has 0 radical (unpaired) electrons. The standard InChI is InChI=1S/C12H12O4/c1-12(7-10(13)15-2)8-5-3-4-6-9(8)16-11(12)14/h3-6H,7H2,1-2H3/t12-/m0/s1. The normalized spacial score (nSPS) is 22.5. The monoisotopic (exact) mass is 220 g/mol. The van der Waals surface area contributed by atoms with Crippen LogP contribution in [0.5, 0.6) is 5.75 Å². The summed E-state index contributed by atoms with van der Waals surface area (Å²) in [6, 6.07) is 7.12. The maximum atomic E-state index is 11.8. The molecule has 84 valence electrons. The van der Waals surface area contributed by atoms with Gasteiger partial charge in [-0.15, -0.1) is 0 Å². The molecule has 1 aromatic carbocycles. The van der Waals surface area contributed by atoms with Gasteiger partial charge in [-0.05, 0) is 13.0 Å². The molecule has 0 N–H and O–H groups in total. The van der Waals surface area contributed by atoms with Crippen molar-refractivity contribution < 1.29 is 19.1 Å². The molecule has 0 amide bonds. The van der Waals surface area contributed by atoms with Gasteiger partial charge in [0, 0.05) is 5.56 Å². The fraction of sp³-hybridized carbons (Fsp3) is 0.333. The third-order valence-corrected chi connectivity index (χ3v) is 2.86. The molecule has 0 bridgehead atoms. The summed E-state index contributed by atoms with van der Waals surface area (Å²) in [5.74, 6) is -0.297. The molecule has 1 heterocycles. The summed E-state index contributed by atoms with van der Waals surface area (Å²) >= 11 is 0. The summed E-state index contributed by atoms with van der Waals surface area (Å²) in [6.07, 6.45) is -0.000648. The topological polar surface area (TPSA) is 52.6 Å². The number of benzene rings is 1. The molecule has 1 aromatic rings. The second-order valence-corrected chi connectivity index (χ2v) is 3.97. The maximum Gasteiger partial charge on any atom is 0.322 e. The van der Waals surface area contributed by atoms with Crippen LogP contribution < -0.4 is 4.74 Å². The summed E-state index contributed by atoms with van der Waals surface area (Å²) in [5.41, 5.74) is -0.186. The van der Waals surface area contributed by atoms with E-state index in [0.717, 1.165) is 5.56 Å². The molecule has 1 aliphatic rings. The number of hydrogen-bond acceptors (Lipinski definition) is 4. The first-order chi connectivity index (χ1) is 7.58. The summed E-state index contributed by atoms with van der Waals surface area (Å²) < 4.78 is 9.72. The number of rotatable bonds is 2. The van der Waals surface area contributed by atoms with Gasteiger partial charge in [-0.25, -0.2) is 0 Å². The van der Waals surface area contributed by atoms with Crippen molar-refractivity contribution in [1.82, 2.24) is 0 Å². The molecule has 0 saturated heterocycles. The van der Waals surface area contributed by atoms with Crippen molar-refractivity contribution in [3.63, 3.8) is 0 Å². The first kappa shape index (κ1) is 10.7. The highest BCUT2D eigenvalue weighted by atomic mass is 16.5. The lowest BCUT2D eigenvalue weighted by Crippen LogP contribution is -2.33. The van der Waals surface area contributed by atoms with E-state index in [0.29, 0.717) is 5.75 Å². The van der Waals surface area contributed by atoms with Crippen molar-refractivity contribution >= 4 is 11.9 Å². The predicted molar refractivity (Wildman–Crippen MR) is 56.1 cm³/mol. The van der Waals surface area contributed by atoms with E-state index in [-0.39, 0.29) is 6.42 Å². The predicted octanol–water partition coefficient (Wildman–Crippen LogP) is 1.43. The zero-order valence-electron chi connectivity index (χ0n) is 9.15. The highest BCUT2D eigenvalue weighted by molar-refractivity contribution is 5.94. The molecule has 4 nitrogen and oxygen atoms in total. The van der Waals surface area contributed by atoms with Gasteiger partial charge < -0.3 is 9.47 Å². The van der Waals surface area contributed by atoms with E-state index in [9.17, 15) is 9.59 Å². The first-order valence-corrected chi connectivity index (χ1v) is 4.96. The summed E-state index contributed by atoms with van der Waals surface area (Å²) in [5, 5.41) is 0. The van der Waals surface area contributed by atoms with E-state index < -0.39 is 17.4 Å². The molecule has 0 saturated carbocycles. The zero-order valence-corrected chi connectivity index (χ0v) is 9.15. The Morgan fingerprint density at radius 3 is 2.81 bits per heavy atom. The van der Waals surface area contributed by atoms with Crippen LogP contribution in [0.3, 0.4) is 0 Å². The minimum Gasteiger partial charge on any atom is -0.469 e. The van der Waals surface area contributed by atoms with E-state index in [1.54, 1.807) is 25.1 Å². The van der Waals surface area contributed by atoms with E-state index in [2.05, 4.69) is 4.74 Å². The minimum atomic E-state index is -0.927. The van der Waals surface area contributed by atoms with Crippen molar-refractivity contribution in [3.8, 4) is 5.75 Å². The molecule has 0 fully saturated rings. The Bertz CT molecular complexity index is 452. The van der Waals surface area contributed by atoms with Crippen LogP contribution in [0.1, 0.15) is 18.9 Å². The molecule has 4 heteroatoms. The van der Waals surface area contributed by atoms with E-state index in [1.807, 2.05) is 6.07 Å². The zero-order chi connectivity index (χ0) is 11.8. The SMILES string of the molecule is COC(=O)C[C@]1(C)C(=O)Oc2ccccc21. The molecular weight excluding hydrogens is 208 g/mol. The quantitative estimate of drug-likeness (QED) is 0.558. The number of carbonyl (C=O) groups is 2. The Balaban J connectivity index is 2.40. The molecule has 16 heavy (non-hydrogen) atoms. The molecule has 1 atom stereocenters. The Morgan fingerprint density at radius 1 is 1.44 bits per heavy atom. The van der Waals surface area contributed by atoms with Crippen molar-refractivity contribution in [2.75, 3.05) is 7.11 Å². The lowest BCUT2D eigenvalue weighted by molar-refractivity contribution is -0.148. The van der Waals surface area contributed by atoms with Crippen LogP contribution in [0.25, 0.3) is 0 Å². The fourth-order valence-electron chi connectivity index (χ4n) is 1.86. The summed E-state index contributed by atoms with van der Waals surface area (Å²) in [6.45, 7) is 1.69. The van der Waals surface area contributed by atoms with Crippen LogP contribution in [-0.4, -0.2) is 19.0 Å². The van der Waals surface area contributed by atoms with Gasteiger partial charge in [0.25, 0.3) is 0 Å². The summed E-state index contributed by atoms with van der Waals surface area (Å²) in [4.78, 5) is 23.1. The van der Waals surface area contributed by atoms with Gasteiger partial charge >= 0.3 is 11.9 Å². The van der Waals surface area contributed by atoms with Crippen LogP contribution in [0.2, 0.25) is 0 Å². The Kier molecular flexibility index (Phi) is 2.42. The third kappa shape index (κ3) is 1.46. The molecule has 2 rings (SSSR count). The summed E-state index contributed by atoms with van der Waals surface area (Å²) in [7, 11) is 1.30. The molecule has 0 unspecified atom stereocenters. The molecule has 0 aromatic heterocycles. The number of para-hydroxylation sites is 1. The van der Waals surface area contributed by atoms with Gasteiger partial charge in [0.15, 0.2) is 0 Å². The number of fused-ring (bicyclic) bond motifs is 1. The minimum absolute atomic E-state index is 0.000648. The third-order valence-electron chi connectivity index (χ3n) is 2.86. The van der Waals surface area contributed by atoms with Gasteiger partial charge in [0.1, 0.15) is 11.2 Å². The van der Waals surface area contributed by atoms with E-state index >= 15 is 0 Å². The van der Waals surface area contributed by atoms with Crippen molar-refractivity contribution in [3.05, 3.63) is 29.8 Å². The average molecular weight is 220 g/mol. The van der Waals surface area contributed by atoms with Crippen LogP contribution in [0, 0.1) is 0 Å². The number of carbonyl (C=O) groups excluding carboxylic acids is 2. The van der Waals surface area contributed by atoms with Crippen LogP contribution in [-0.2, 0) is 19.7 Å². The van der Waals surface area contributed by atoms with Gasteiger partial charge in [-0.2, -0.15) is 0 Å².